The van der Waals surface area contributed by atoms with Gasteiger partial charge in [0.25, 0.3) is 0 Å². The van der Waals surface area contributed by atoms with E-state index in [0.717, 1.165) is 13.2 Å². The van der Waals surface area contributed by atoms with Crippen LogP contribution in [0.15, 0.2) is 11.9 Å². The molecule has 0 amide bonds. The molecule has 4 nitrogen and oxygen atoms in total. The van der Waals surface area contributed by atoms with E-state index in [1.54, 1.807) is 6.92 Å². The van der Waals surface area contributed by atoms with Crippen molar-refractivity contribution in [3.63, 3.8) is 0 Å². The molecule has 0 aromatic heterocycles. The zero-order chi connectivity index (χ0) is 13.2. The summed E-state index contributed by atoms with van der Waals surface area (Å²) in [5.74, 6) is -3.04. The summed E-state index contributed by atoms with van der Waals surface area (Å²) in [6.45, 7) is 5.68. The van der Waals surface area contributed by atoms with Gasteiger partial charge in [-0.3, -0.25) is 4.79 Å². The van der Waals surface area contributed by atoms with E-state index in [9.17, 15) is 14.0 Å². The molecule has 1 aliphatic carbocycles. The third kappa shape index (κ3) is 2.65. The standard InChI is InChI=1S/C12H17FO4/c1-5-17-11(15)9-7(12(9,2)3)6-8(13)10(14)16-4/h6-7,9H,5H2,1-4H3. The number of esters is 2. The lowest BCUT2D eigenvalue weighted by molar-refractivity contribution is -0.145. The van der Waals surface area contributed by atoms with Crippen molar-refractivity contribution in [1.82, 2.24) is 0 Å². The Morgan fingerprint density at radius 3 is 2.47 bits per heavy atom. The van der Waals surface area contributed by atoms with E-state index in [-0.39, 0.29) is 17.3 Å². The summed E-state index contributed by atoms with van der Waals surface area (Å²) in [5.41, 5.74) is -0.377. The van der Waals surface area contributed by atoms with Crippen LogP contribution < -0.4 is 0 Å². The molecule has 0 aliphatic heterocycles. The molecule has 0 heterocycles. The van der Waals surface area contributed by atoms with Crippen molar-refractivity contribution < 1.29 is 23.5 Å². The maximum Gasteiger partial charge on any atom is 0.366 e. The Bertz CT molecular complexity index is 360. The lowest BCUT2D eigenvalue weighted by atomic mass is 10.1. The summed E-state index contributed by atoms with van der Waals surface area (Å²) in [7, 11) is 1.11. The molecular formula is C12H17FO4. The van der Waals surface area contributed by atoms with Crippen LogP contribution in [0, 0.1) is 17.3 Å². The molecule has 1 rings (SSSR count). The van der Waals surface area contributed by atoms with E-state index < -0.39 is 17.7 Å². The van der Waals surface area contributed by atoms with Crippen molar-refractivity contribution in [2.45, 2.75) is 20.8 Å². The van der Waals surface area contributed by atoms with E-state index in [1.807, 2.05) is 13.8 Å². The summed E-state index contributed by atoms with van der Waals surface area (Å²) in [5, 5.41) is 0. The first kappa shape index (κ1) is 13.7. The highest BCUT2D eigenvalue weighted by atomic mass is 19.1. The number of methoxy groups -OCH3 is 1. The molecule has 17 heavy (non-hydrogen) atoms. The quantitative estimate of drug-likeness (QED) is 0.559. The van der Waals surface area contributed by atoms with Crippen LogP contribution in [0.1, 0.15) is 20.8 Å². The smallest absolute Gasteiger partial charge is 0.366 e. The Balaban J connectivity index is 2.75. The largest absolute Gasteiger partial charge is 0.466 e. The topological polar surface area (TPSA) is 52.6 Å². The van der Waals surface area contributed by atoms with Gasteiger partial charge in [-0.25, -0.2) is 4.79 Å². The molecule has 0 spiro atoms. The second-order valence-corrected chi connectivity index (χ2v) is 4.58. The Kier molecular flexibility index (Phi) is 3.91. The number of carbonyl (C=O) groups excluding carboxylic acids is 2. The van der Waals surface area contributed by atoms with Gasteiger partial charge < -0.3 is 9.47 Å². The van der Waals surface area contributed by atoms with Crippen molar-refractivity contribution in [2.24, 2.45) is 17.3 Å². The lowest BCUT2D eigenvalue weighted by Crippen LogP contribution is -2.10. The first-order valence-electron chi connectivity index (χ1n) is 5.48. The molecule has 0 bridgehead atoms. The fourth-order valence-electron chi connectivity index (χ4n) is 1.99. The van der Waals surface area contributed by atoms with E-state index >= 15 is 0 Å². The molecule has 1 aliphatic rings. The van der Waals surface area contributed by atoms with Gasteiger partial charge in [0, 0.05) is 0 Å². The van der Waals surface area contributed by atoms with Crippen LogP contribution in [0.5, 0.6) is 0 Å². The van der Waals surface area contributed by atoms with Crippen molar-refractivity contribution in [2.75, 3.05) is 13.7 Å². The highest BCUT2D eigenvalue weighted by Crippen LogP contribution is 2.59. The van der Waals surface area contributed by atoms with E-state index in [0.29, 0.717) is 6.61 Å². The molecule has 0 radical (unpaired) electrons. The van der Waals surface area contributed by atoms with Crippen molar-refractivity contribution in [3.8, 4) is 0 Å². The minimum Gasteiger partial charge on any atom is -0.466 e. The average molecular weight is 244 g/mol. The van der Waals surface area contributed by atoms with Gasteiger partial charge in [0.2, 0.25) is 5.83 Å². The van der Waals surface area contributed by atoms with E-state index in [4.69, 9.17) is 4.74 Å². The summed E-state index contributed by atoms with van der Waals surface area (Å²) >= 11 is 0. The minimum atomic E-state index is -1.02. The zero-order valence-corrected chi connectivity index (χ0v) is 10.5. The molecule has 1 fully saturated rings. The molecule has 0 aromatic carbocycles. The molecule has 96 valence electrons. The molecule has 5 heteroatoms. The van der Waals surface area contributed by atoms with Crippen molar-refractivity contribution in [3.05, 3.63) is 11.9 Å². The average Bonchev–Trinajstić information content (AvgIpc) is 2.79. The molecule has 2 atom stereocenters. The number of rotatable bonds is 4. The van der Waals surface area contributed by atoms with Gasteiger partial charge in [0.15, 0.2) is 0 Å². The predicted molar refractivity (Wildman–Crippen MR) is 58.6 cm³/mol. The molecular weight excluding hydrogens is 227 g/mol. The number of hydrogen-bond donors (Lipinski definition) is 0. The Hall–Kier alpha value is -1.39. The third-order valence-corrected chi connectivity index (χ3v) is 3.16. The van der Waals surface area contributed by atoms with Crippen LogP contribution in [0.2, 0.25) is 0 Å². The van der Waals surface area contributed by atoms with E-state index in [1.165, 1.54) is 0 Å². The first-order valence-corrected chi connectivity index (χ1v) is 5.48. The molecule has 1 saturated carbocycles. The third-order valence-electron chi connectivity index (χ3n) is 3.16. The van der Waals surface area contributed by atoms with Crippen molar-refractivity contribution >= 4 is 11.9 Å². The van der Waals surface area contributed by atoms with Crippen LogP contribution in [-0.4, -0.2) is 25.7 Å². The second kappa shape index (κ2) is 4.85. The van der Waals surface area contributed by atoms with Crippen LogP contribution in [0.4, 0.5) is 4.39 Å². The van der Waals surface area contributed by atoms with Gasteiger partial charge in [0.05, 0.1) is 19.6 Å². The molecule has 0 N–H and O–H groups in total. The van der Waals surface area contributed by atoms with E-state index in [2.05, 4.69) is 4.74 Å². The number of carbonyl (C=O) groups is 2. The van der Waals surface area contributed by atoms with Gasteiger partial charge in [0.1, 0.15) is 0 Å². The molecule has 2 unspecified atom stereocenters. The monoisotopic (exact) mass is 244 g/mol. The molecule has 0 aromatic rings. The fourth-order valence-corrected chi connectivity index (χ4v) is 1.99. The number of ether oxygens (including phenoxy) is 2. The zero-order valence-electron chi connectivity index (χ0n) is 10.5. The second-order valence-electron chi connectivity index (χ2n) is 4.58. The predicted octanol–water partition coefficient (Wildman–Crippen LogP) is 1.85. The number of halogens is 1. The number of allylic oxidation sites excluding steroid dienone is 1. The summed E-state index contributed by atoms with van der Waals surface area (Å²) in [6, 6.07) is 0. The van der Waals surface area contributed by atoms with Gasteiger partial charge in [-0.15, -0.1) is 0 Å². The Morgan fingerprint density at radius 1 is 1.41 bits per heavy atom. The SMILES string of the molecule is CCOC(=O)C1C(C=C(F)C(=O)OC)C1(C)C. The fraction of sp³-hybridized carbons (Fsp3) is 0.667. The normalized spacial score (nSPS) is 26.3. The summed E-state index contributed by atoms with van der Waals surface area (Å²) < 4.78 is 22.4. The Morgan fingerprint density at radius 2 is 2.00 bits per heavy atom. The maximum absolute atomic E-state index is 13.3. The summed E-state index contributed by atoms with van der Waals surface area (Å²) in [6.07, 6.45) is 1.15. The highest BCUT2D eigenvalue weighted by Gasteiger charge is 2.61. The molecule has 0 saturated heterocycles. The van der Waals surface area contributed by atoms with Crippen LogP contribution in [0.3, 0.4) is 0 Å². The van der Waals surface area contributed by atoms with Crippen LogP contribution in [-0.2, 0) is 19.1 Å². The van der Waals surface area contributed by atoms with Crippen LogP contribution >= 0.6 is 0 Å². The minimum absolute atomic E-state index is 0.293. The summed E-state index contributed by atoms with van der Waals surface area (Å²) in [4.78, 5) is 22.5. The maximum atomic E-state index is 13.3. The van der Waals surface area contributed by atoms with Gasteiger partial charge in [-0.2, -0.15) is 4.39 Å². The van der Waals surface area contributed by atoms with Crippen molar-refractivity contribution in [1.29, 1.82) is 0 Å². The Labute approximate surface area is 99.8 Å². The van der Waals surface area contributed by atoms with Gasteiger partial charge in [-0.1, -0.05) is 13.8 Å². The van der Waals surface area contributed by atoms with Crippen LogP contribution in [0.25, 0.3) is 0 Å². The van der Waals surface area contributed by atoms with Gasteiger partial charge in [-0.05, 0) is 24.3 Å². The van der Waals surface area contributed by atoms with Gasteiger partial charge >= 0.3 is 11.9 Å². The highest BCUT2D eigenvalue weighted by molar-refractivity contribution is 5.86. The first-order chi connectivity index (χ1) is 7.86. The lowest BCUT2D eigenvalue weighted by Gasteiger charge is -2.01. The number of hydrogen-bond acceptors (Lipinski definition) is 4.